The smallest absolute Gasteiger partial charge is 0.0614 e. The van der Waals surface area contributed by atoms with Gasteiger partial charge in [-0.15, -0.1) is 0 Å². The van der Waals surface area contributed by atoms with Crippen LogP contribution in [0.25, 0.3) is 0 Å². The Hall–Kier alpha value is -0.600. The first-order valence-electron chi connectivity index (χ1n) is 18.4. The molecule has 0 unspecified atom stereocenters. The molecule has 252 valence electrons. The quantitative estimate of drug-likeness (QED) is 0.0981. The van der Waals surface area contributed by atoms with Crippen LogP contribution in [0, 0.1) is 35.5 Å². The summed E-state index contributed by atoms with van der Waals surface area (Å²) in [6.07, 6.45) is 28.2. The minimum absolute atomic E-state index is 0.191. The minimum Gasteiger partial charge on any atom is -0.392 e. The van der Waals surface area contributed by atoms with E-state index in [1.54, 1.807) is 0 Å². The molecule has 2 N–H and O–H groups in total. The number of rotatable bonds is 26. The fourth-order valence-corrected chi connectivity index (χ4v) is 5.93. The molecule has 0 aromatic carbocycles. The topological polar surface area (TPSA) is 40.5 Å². The first-order chi connectivity index (χ1) is 19.9. The normalized spacial score (nSPS) is 15.5. The van der Waals surface area contributed by atoms with E-state index in [0.717, 1.165) is 48.3 Å². The van der Waals surface area contributed by atoms with Crippen molar-refractivity contribution in [2.75, 3.05) is 13.2 Å². The second-order valence-corrected chi connectivity index (χ2v) is 15.2. The van der Waals surface area contributed by atoms with Crippen LogP contribution < -0.4 is 0 Å². The van der Waals surface area contributed by atoms with E-state index in [2.05, 4.69) is 69.2 Å². The molecular formula is C40H80O2. The molecular weight excluding hydrogens is 512 g/mol. The monoisotopic (exact) mass is 593 g/mol. The third-order valence-electron chi connectivity index (χ3n) is 9.16. The summed E-state index contributed by atoms with van der Waals surface area (Å²) < 4.78 is 0. The molecule has 0 aromatic rings. The Morgan fingerprint density at radius 1 is 0.405 bits per heavy atom. The van der Waals surface area contributed by atoms with E-state index < -0.39 is 0 Å². The maximum Gasteiger partial charge on any atom is 0.0614 e. The Kier molecular flexibility index (Phi) is 31.5. The lowest BCUT2D eigenvalue weighted by atomic mass is 9.91. The Labute approximate surface area is 266 Å². The molecule has 0 amide bonds. The molecule has 0 radical (unpaired) electrons. The van der Waals surface area contributed by atoms with Gasteiger partial charge in [0, 0.05) is 0 Å². The molecule has 0 saturated heterocycles. The summed E-state index contributed by atoms with van der Waals surface area (Å²) in [6, 6.07) is 0. The molecule has 0 bridgehead atoms. The number of hydrogen-bond acceptors (Lipinski definition) is 2. The first-order valence-corrected chi connectivity index (χ1v) is 18.4. The number of aliphatic hydroxyl groups is 2. The van der Waals surface area contributed by atoms with E-state index in [-0.39, 0.29) is 13.2 Å². The zero-order valence-corrected chi connectivity index (χ0v) is 30.7. The van der Waals surface area contributed by atoms with E-state index in [9.17, 15) is 0 Å². The zero-order valence-electron chi connectivity index (χ0n) is 30.7. The van der Waals surface area contributed by atoms with Gasteiger partial charge in [-0.2, -0.15) is 0 Å². The van der Waals surface area contributed by atoms with Crippen molar-refractivity contribution in [3.63, 3.8) is 0 Å². The Morgan fingerprint density at radius 2 is 0.643 bits per heavy atom. The van der Waals surface area contributed by atoms with Crippen molar-refractivity contribution < 1.29 is 10.2 Å². The molecule has 0 aliphatic heterocycles. The van der Waals surface area contributed by atoms with Crippen molar-refractivity contribution in [2.45, 2.75) is 185 Å². The third-order valence-corrected chi connectivity index (χ3v) is 9.16. The summed E-state index contributed by atoms with van der Waals surface area (Å²) in [7, 11) is 0. The van der Waals surface area contributed by atoms with Crippen molar-refractivity contribution >= 4 is 0 Å². The van der Waals surface area contributed by atoms with Crippen molar-refractivity contribution in [3.8, 4) is 0 Å². The predicted octanol–water partition coefficient (Wildman–Crippen LogP) is 12.7. The van der Waals surface area contributed by atoms with Gasteiger partial charge in [0.25, 0.3) is 0 Å². The predicted molar refractivity (Wildman–Crippen MR) is 191 cm³/mol. The third kappa shape index (κ3) is 33.9. The molecule has 0 spiro atoms. The van der Waals surface area contributed by atoms with E-state index in [0.29, 0.717) is 0 Å². The van der Waals surface area contributed by atoms with Crippen LogP contribution in [0.3, 0.4) is 0 Å². The maximum absolute atomic E-state index is 8.83. The first kappa shape index (κ1) is 43.5. The van der Waals surface area contributed by atoms with Gasteiger partial charge in [0.15, 0.2) is 0 Å². The fourth-order valence-electron chi connectivity index (χ4n) is 5.93. The molecule has 0 aliphatic carbocycles. The zero-order chi connectivity index (χ0) is 32.2. The SMILES string of the molecule is C/C(=C/CO)CCC[C@H](C)CCC[C@H](C)CCCC(C)C.C/C(=C\CO)CCC[C@H](C)CCC[C@H](C)CCCC(C)C. The van der Waals surface area contributed by atoms with Gasteiger partial charge in [-0.25, -0.2) is 0 Å². The lowest BCUT2D eigenvalue weighted by Crippen LogP contribution is -2.00. The average Bonchev–Trinajstić information content (AvgIpc) is 2.89. The lowest BCUT2D eigenvalue weighted by molar-refractivity contribution is 0.341. The Balaban J connectivity index is 0. The van der Waals surface area contributed by atoms with Gasteiger partial charge in [0.2, 0.25) is 0 Å². The van der Waals surface area contributed by atoms with Crippen LogP contribution in [-0.4, -0.2) is 23.4 Å². The largest absolute Gasteiger partial charge is 0.392 e. The summed E-state index contributed by atoms with van der Waals surface area (Å²) in [5.74, 6) is 5.25. The highest BCUT2D eigenvalue weighted by molar-refractivity contribution is 4.98. The number of hydrogen-bond donors (Lipinski definition) is 2. The van der Waals surface area contributed by atoms with Gasteiger partial charge < -0.3 is 10.2 Å². The van der Waals surface area contributed by atoms with Gasteiger partial charge in [-0.1, -0.05) is 169 Å². The van der Waals surface area contributed by atoms with Crippen LogP contribution in [0.1, 0.15) is 185 Å². The molecule has 2 heteroatoms. The van der Waals surface area contributed by atoms with E-state index in [1.807, 2.05) is 12.2 Å². The number of allylic oxidation sites excluding steroid dienone is 2. The highest BCUT2D eigenvalue weighted by atomic mass is 16.3. The summed E-state index contributed by atoms with van der Waals surface area (Å²) in [5, 5.41) is 17.7. The van der Waals surface area contributed by atoms with E-state index in [1.165, 1.54) is 114 Å². The Bertz CT molecular complexity index is 563. The van der Waals surface area contributed by atoms with Crippen LogP contribution in [0.2, 0.25) is 0 Å². The van der Waals surface area contributed by atoms with Crippen molar-refractivity contribution in [2.24, 2.45) is 35.5 Å². The summed E-state index contributed by atoms with van der Waals surface area (Å²) >= 11 is 0. The van der Waals surface area contributed by atoms with Crippen molar-refractivity contribution in [3.05, 3.63) is 23.3 Å². The van der Waals surface area contributed by atoms with Crippen molar-refractivity contribution in [1.29, 1.82) is 0 Å². The van der Waals surface area contributed by atoms with Gasteiger partial charge in [-0.05, 0) is 75.0 Å². The van der Waals surface area contributed by atoms with Crippen molar-refractivity contribution in [1.82, 2.24) is 0 Å². The molecule has 2 nitrogen and oxygen atoms in total. The summed E-state index contributed by atoms with van der Waals surface area (Å²) in [6.45, 7) is 23.6. The van der Waals surface area contributed by atoms with Crippen LogP contribution in [0.4, 0.5) is 0 Å². The molecule has 0 aliphatic rings. The molecule has 0 saturated carbocycles. The summed E-state index contributed by atoms with van der Waals surface area (Å²) in [4.78, 5) is 0. The van der Waals surface area contributed by atoms with Crippen LogP contribution >= 0.6 is 0 Å². The molecule has 0 fully saturated rings. The standard InChI is InChI=1S/2C20H40O/c2*1-17(2)9-6-10-18(3)11-7-12-19(4)13-8-14-20(5)15-16-21/h2*15,17-19,21H,6-14,16H2,1-5H3/b20-15+;20-15-/t2*18-,19-/m11/s1. The second-order valence-electron chi connectivity index (χ2n) is 15.2. The number of aliphatic hydroxyl groups excluding tert-OH is 2. The fraction of sp³-hybridized carbons (Fsp3) is 0.900. The maximum atomic E-state index is 8.83. The Morgan fingerprint density at radius 3 is 0.881 bits per heavy atom. The van der Waals surface area contributed by atoms with E-state index >= 15 is 0 Å². The van der Waals surface area contributed by atoms with Crippen LogP contribution in [-0.2, 0) is 0 Å². The molecule has 0 aromatic heterocycles. The van der Waals surface area contributed by atoms with Gasteiger partial charge in [-0.3, -0.25) is 0 Å². The summed E-state index contributed by atoms with van der Waals surface area (Å²) in [5.41, 5.74) is 2.67. The van der Waals surface area contributed by atoms with Gasteiger partial charge in [0.05, 0.1) is 13.2 Å². The van der Waals surface area contributed by atoms with Gasteiger partial charge >= 0.3 is 0 Å². The highest BCUT2D eigenvalue weighted by Crippen LogP contribution is 2.23. The van der Waals surface area contributed by atoms with Gasteiger partial charge in [0.1, 0.15) is 0 Å². The van der Waals surface area contributed by atoms with E-state index in [4.69, 9.17) is 10.2 Å². The molecule has 42 heavy (non-hydrogen) atoms. The molecule has 4 atom stereocenters. The second kappa shape index (κ2) is 30.4. The van der Waals surface area contributed by atoms with Crippen LogP contribution in [0.15, 0.2) is 23.3 Å². The van der Waals surface area contributed by atoms with Crippen LogP contribution in [0.5, 0.6) is 0 Å². The molecule has 0 rings (SSSR count). The highest BCUT2D eigenvalue weighted by Gasteiger charge is 2.08. The minimum atomic E-state index is 0.191. The molecule has 0 heterocycles. The average molecular weight is 593 g/mol. The lowest BCUT2D eigenvalue weighted by Gasteiger charge is -2.15.